The summed E-state index contributed by atoms with van der Waals surface area (Å²) < 4.78 is 29.9. The molecule has 1 fully saturated rings. The summed E-state index contributed by atoms with van der Waals surface area (Å²) in [5, 5.41) is 12.1. The molecule has 0 saturated carbocycles. The Morgan fingerprint density at radius 1 is 1.48 bits per heavy atom. The molecule has 0 aliphatic carbocycles. The van der Waals surface area contributed by atoms with Crippen LogP contribution >= 0.6 is 0 Å². The summed E-state index contributed by atoms with van der Waals surface area (Å²) in [5.41, 5.74) is 0.363. The van der Waals surface area contributed by atoms with E-state index in [1.54, 1.807) is 12.1 Å². The van der Waals surface area contributed by atoms with Gasteiger partial charge >= 0.3 is 0 Å². The quantitative estimate of drug-likeness (QED) is 0.891. The fourth-order valence-corrected chi connectivity index (χ4v) is 3.67. The Morgan fingerprint density at radius 2 is 2.29 bits per heavy atom. The summed E-state index contributed by atoms with van der Waals surface area (Å²) in [5.74, 6) is 0.0353. The third-order valence-corrected chi connectivity index (χ3v) is 5.32. The van der Waals surface area contributed by atoms with Crippen LogP contribution in [0.25, 0.3) is 0 Å². The molecule has 5 nitrogen and oxygen atoms in total. The highest BCUT2D eigenvalue weighted by Crippen LogP contribution is 2.15. The first-order valence-electron chi connectivity index (χ1n) is 7.09. The molecule has 1 N–H and O–H groups in total. The Labute approximate surface area is 125 Å². The minimum Gasteiger partial charge on any atom is -0.378 e. The van der Waals surface area contributed by atoms with Crippen molar-refractivity contribution in [2.24, 2.45) is 0 Å². The lowest BCUT2D eigenvalue weighted by molar-refractivity contribution is 0.0137. The van der Waals surface area contributed by atoms with E-state index in [0.717, 1.165) is 19.4 Å². The summed E-state index contributed by atoms with van der Waals surface area (Å²) in [7, 11) is -3.35. The molecule has 1 aromatic rings. The fourth-order valence-electron chi connectivity index (χ4n) is 2.46. The normalized spacial score (nSPS) is 22.7. The zero-order valence-corrected chi connectivity index (χ0v) is 12.9. The maximum atomic E-state index is 12.2. The number of hydrogen-bond acceptors (Lipinski definition) is 5. The first-order chi connectivity index (χ1) is 10.0. The number of nitriles is 1. The molecule has 1 aromatic carbocycles. The number of hydrogen-bond donors (Lipinski definition) is 1. The van der Waals surface area contributed by atoms with Crippen LogP contribution in [0.5, 0.6) is 0 Å². The Kier molecular flexibility index (Phi) is 5.34. The molecule has 6 heteroatoms. The molecule has 2 unspecified atom stereocenters. The molecule has 0 bridgehead atoms. The van der Waals surface area contributed by atoms with Crippen molar-refractivity contribution in [2.45, 2.75) is 36.8 Å². The Hall–Kier alpha value is -1.42. The second-order valence-corrected chi connectivity index (χ2v) is 7.42. The van der Waals surface area contributed by atoms with Gasteiger partial charge in [0.15, 0.2) is 9.84 Å². The number of nitrogens with zero attached hydrogens (tertiary/aromatic N) is 1. The van der Waals surface area contributed by atoms with Gasteiger partial charge in [-0.05, 0) is 38.0 Å². The topological polar surface area (TPSA) is 79.2 Å². The zero-order valence-electron chi connectivity index (χ0n) is 12.1. The molecule has 1 saturated heterocycles. The summed E-state index contributed by atoms with van der Waals surface area (Å²) in [6, 6.07) is 8.42. The van der Waals surface area contributed by atoms with Crippen LogP contribution in [0.15, 0.2) is 29.2 Å². The Bertz CT molecular complexity index is 622. The molecule has 0 aromatic heterocycles. The van der Waals surface area contributed by atoms with E-state index in [4.69, 9.17) is 10.00 Å². The molecule has 1 aliphatic rings. The fraction of sp³-hybridized carbons (Fsp3) is 0.533. The van der Waals surface area contributed by atoms with Crippen molar-refractivity contribution in [1.29, 1.82) is 5.26 Å². The molecule has 114 valence electrons. The van der Waals surface area contributed by atoms with Crippen molar-refractivity contribution in [3.63, 3.8) is 0 Å². The van der Waals surface area contributed by atoms with E-state index in [2.05, 4.69) is 5.32 Å². The summed E-state index contributed by atoms with van der Waals surface area (Å²) in [6.45, 7) is 3.16. The average Bonchev–Trinajstić information content (AvgIpc) is 2.47. The van der Waals surface area contributed by atoms with Crippen LogP contribution in [0, 0.1) is 11.3 Å². The van der Waals surface area contributed by atoms with Crippen molar-refractivity contribution >= 4 is 9.84 Å². The van der Waals surface area contributed by atoms with Gasteiger partial charge in [-0.15, -0.1) is 0 Å². The largest absolute Gasteiger partial charge is 0.378 e. The van der Waals surface area contributed by atoms with Crippen LogP contribution in [-0.4, -0.2) is 39.5 Å². The van der Waals surface area contributed by atoms with Crippen molar-refractivity contribution in [3.05, 3.63) is 29.8 Å². The number of sulfone groups is 1. The maximum Gasteiger partial charge on any atom is 0.179 e. The van der Waals surface area contributed by atoms with Crippen LogP contribution in [0.2, 0.25) is 0 Å². The zero-order chi connectivity index (χ0) is 15.3. The lowest BCUT2D eigenvalue weighted by atomic mass is 10.0. The summed E-state index contributed by atoms with van der Waals surface area (Å²) >= 11 is 0. The number of ether oxygens (including phenoxy) is 1. The molecule has 1 aliphatic heterocycles. The SMILES string of the molecule is CC1CC(NCCS(=O)(=O)c2cccc(C#N)c2)CCO1. The second-order valence-electron chi connectivity index (χ2n) is 5.32. The van der Waals surface area contributed by atoms with Crippen LogP contribution in [0.4, 0.5) is 0 Å². The van der Waals surface area contributed by atoms with Crippen molar-refractivity contribution < 1.29 is 13.2 Å². The molecule has 0 spiro atoms. The lowest BCUT2D eigenvalue weighted by Crippen LogP contribution is -2.40. The minimum absolute atomic E-state index is 0.0353. The molecule has 0 amide bonds. The van der Waals surface area contributed by atoms with E-state index in [1.165, 1.54) is 12.1 Å². The van der Waals surface area contributed by atoms with Crippen molar-refractivity contribution in [2.75, 3.05) is 18.9 Å². The smallest absolute Gasteiger partial charge is 0.179 e. The molecule has 2 atom stereocenters. The maximum absolute atomic E-state index is 12.2. The third kappa shape index (κ3) is 4.53. The molecule has 1 heterocycles. The monoisotopic (exact) mass is 308 g/mol. The van der Waals surface area contributed by atoms with Crippen molar-refractivity contribution in [1.82, 2.24) is 5.32 Å². The van der Waals surface area contributed by atoms with E-state index in [1.807, 2.05) is 13.0 Å². The van der Waals surface area contributed by atoms with Crippen LogP contribution in [-0.2, 0) is 14.6 Å². The standard InChI is InChI=1S/C15H20N2O3S/c1-12-9-14(5-7-20-12)17-6-8-21(18,19)15-4-2-3-13(10-15)11-16/h2-4,10,12,14,17H,5-9H2,1H3. The van der Waals surface area contributed by atoms with Gasteiger partial charge in [0.1, 0.15) is 0 Å². The molecule has 21 heavy (non-hydrogen) atoms. The van der Waals surface area contributed by atoms with Crippen LogP contribution in [0.1, 0.15) is 25.3 Å². The van der Waals surface area contributed by atoms with Gasteiger partial charge in [0.05, 0.1) is 28.4 Å². The summed E-state index contributed by atoms with van der Waals surface area (Å²) in [6.07, 6.45) is 2.04. The number of rotatable bonds is 5. The molecule has 2 rings (SSSR count). The van der Waals surface area contributed by atoms with Crippen molar-refractivity contribution in [3.8, 4) is 6.07 Å². The molecular formula is C15H20N2O3S. The van der Waals surface area contributed by atoms with Gasteiger partial charge in [0, 0.05) is 19.2 Å². The first kappa shape index (κ1) is 16.0. The summed E-state index contributed by atoms with van der Waals surface area (Å²) in [4.78, 5) is 0.212. The minimum atomic E-state index is -3.35. The van der Waals surface area contributed by atoms with E-state index in [0.29, 0.717) is 18.2 Å². The van der Waals surface area contributed by atoms with E-state index >= 15 is 0 Å². The molecule has 0 radical (unpaired) electrons. The average molecular weight is 308 g/mol. The number of benzene rings is 1. The predicted molar refractivity (Wildman–Crippen MR) is 79.6 cm³/mol. The van der Waals surface area contributed by atoms with Gasteiger partial charge in [-0.25, -0.2) is 8.42 Å². The first-order valence-corrected chi connectivity index (χ1v) is 8.74. The van der Waals surface area contributed by atoms with Gasteiger partial charge in [0.25, 0.3) is 0 Å². The van der Waals surface area contributed by atoms with Gasteiger partial charge < -0.3 is 10.1 Å². The van der Waals surface area contributed by atoms with Gasteiger partial charge in [-0.1, -0.05) is 6.07 Å². The Morgan fingerprint density at radius 3 is 3.00 bits per heavy atom. The van der Waals surface area contributed by atoms with E-state index in [-0.39, 0.29) is 16.8 Å². The van der Waals surface area contributed by atoms with Crippen LogP contribution < -0.4 is 5.32 Å². The highest BCUT2D eigenvalue weighted by Gasteiger charge is 2.20. The van der Waals surface area contributed by atoms with E-state index < -0.39 is 9.84 Å². The van der Waals surface area contributed by atoms with E-state index in [9.17, 15) is 8.42 Å². The second kappa shape index (κ2) is 7.03. The highest BCUT2D eigenvalue weighted by molar-refractivity contribution is 7.91. The lowest BCUT2D eigenvalue weighted by Gasteiger charge is -2.28. The molecular weight excluding hydrogens is 288 g/mol. The Balaban J connectivity index is 1.90. The van der Waals surface area contributed by atoms with Gasteiger partial charge in [0.2, 0.25) is 0 Å². The predicted octanol–water partition coefficient (Wildman–Crippen LogP) is 1.49. The third-order valence-electron chi connectivity index (χ3n) is 3.61. The van der Waals surface area contributed by atoms with Crippen LogP contribution in [0.3, 0.4) is 0 Å². The van der Waals surface area contributed by atoms with Gasteiger partial charge in [-0.2, -0.15) is 5.26 Å². The van der Waals surface area contributed by atoms with Gasteiger partial charge in [-0.3, -0.25) is 0 Å². The number of nitrogens with one attached hydrogen (secondary N) is 1. The highest BCUT2D eigenvalue weighted by atomic mass is 32.2.